The molecule has 1 aromatic rings. The fourth-order valence-electron chi connectivity index (χ4n) is 1.50. The summed E-state index contributed by atoms with van der Waals surface area (Å²) < 4.78 is 28.8. The lowest BCUT2D eigenvalue weighted by atomic mass is 10.1. The van der Waals surface area contributed by atoms with Crippen LogP contribution in [0.5, 0.6) is 0 Å². The molecule has 17 heavy (non-hydrogen) atoms. The number of ether oxygens (including phenoxy) is 1. The van der Waals surface area contributed by atoms with Gasteiger partial charge in [0.05, 0.1) is 29.6 Å². The molecular weight excluding hydrogens is 264 g/mol. The van der Waals surface area contributed by atoms with Gasteiger partial charge in [-0.15, -0.1) is 12.4 Å². The Hall–Kier alpha value is -0.690. The van der Waals surface area contributed by atoms with Gasteiger partial charge in [0.2, 0.25) is 0 Å². The van der Waals surface area contributed by atoms with Gasteiger partial charge in [-0.1, -0.05) is 0 Å². The van der Waals surface area contributed by atoms with Crippen molar-refractivity contribution in [2.75, 3.05) is 19.0 Å². The third-order valence-electron chi connectivity index (χ3n) is 2.53. The molecule has 0 amide bonds. The minimum atomic E-state index is -3.23. The fraction of sp³-hybridized carbons (Fsp3) is 0.500. The second-order valence-electron chi connectivity index (χ2n) is 3.87. The van der Waals surface area contributed by atoms with Crippen molar-refractivity contribution in [1.82, 2.24) is 4.98 Å². The zero-order valence-corrected chi connectivity index (χ0v) is 10.8. The van der Waals surface area contributed by atoms with Crippen LogP contribution in [0.4, 0.5) is 0 Å². The van der Waals surface area contributed by atoms with Crippen molar-refractivity contribution < 1.29 is 13.2 Å². The molecule has 0 aromatic carbocycles. The smallest absolute Gasteiger partial charge is 0.180 e. The number of rotatable bonds is 4. The molecule has 7 heteroatoms. The molecule has 0 saturated carbocycles. The van der Waals surface area contributed by atoms with Crippen molar-refractivity contribution in [2.24, 2.45) is 11.7 Å². The minimum absolute atomic E-state index is 0. The second-order valence-corrected chi connectivity index (χ2v) is 5.91. The number of hydrogen-bond acceptors (Lipinski definition) is 5. The monoisotopic (exact) mass is 278 g/mol. The van der Waals surface area contributed by atoms with Gasteiger partial charge in [0, 0.05) is 18.7 Å². The van der Waals surface area contributed by atoms with Crippen LogP contribution in [-0.2, 0) is 21.1 Å². The highest BCUT2D eigenvalue weighted by atomic mass is 35.5. The topological polar surface area (TPSA) is 82.3 Å². The van der Waals surface area contributed by atoms with E-state index in [4.69, 9.17) is 10.5 Å². The number of aromatic nitrogens is 1. The maximum atomic E-state index is 11.9. The molecular formula is C10H15ClN2O3S. The third-order valence-corrected chi connectivity index (χ3v) is 4.40. The highest BCUT2D eigenvalue weighted by Gasteiger charge is 2.26. The van der Waals surface area contributed by atoms with Crippen LogP contribution in [0.25, 0.3) is 0 Å². The van der Waals surface area contributed by atoms with Crippen molar-refractivity contribution in [1.29, 1.82) is 0 Å². The van der Waals surface area contributed by atoms with Gasteiger partial charge in [0.1, 0.15) is 0 Å². The lowest BCUT2D eigenvalue weighted by Crippen LogP contribution is -2.33. The molecule has 2 N–H and O–H groups in total. The Morgan fingerprint density at radius 2 is 2.12 bits per heavy atom. The zero-order valence-electron chi connectivity index (χ0n) is 9.20. The first-order valence-corrected chi connectivity index (χ1v) is 6.72. The highest BCUT2D eigenvalue weighted by Crippen LogP contribution is 2.18. The average Bonchev–Trinajstić information content (AvgIpc) is 2.24. The van der Waals surface area contributed by atoms with E-state index in [2.05, 4.69) is 4.98 Å². The van der Waals surface area contributed by atoms with Crippen LogP contribution >= 0.6 is 12.4 Å². The third kappa shape index (κ3) is 3.38. The molecule has 0 unspecified atom stereocenters. The van der Waals surface area contributed by atoms with Gasteiger partial charge in [-0.25, -0.2) is 8.42 Å². The number of sulfone groups is 1. The zero-order chi connectivity index (χ0) is 11.6. The quantitative estimate of drug-likeness (QED) is 0.861. The summed E-state index contributed by atoms with van der Waals surface area (Å²) in [5.74, 6) is 0.260. The lowest BCUT2D eigenvalue weighted by molar-refractivity contribution is -0.0204. The summed E-state index contributed by atoms with van der Waals surface area (Å²) in [5, 5.41) is 0. The van der Waals surface area contributed by atoms with Gasteiger partial charge < -0.3 is 10.5 Å². The van der Waals surface area contributed by atoms with E-state index in [0.29, 0.717) is 25.5 Å². The van der Waals surface area contributed by atoms with Crippen molar-refractivity contribution in [3.05, 3.63) is 24.0 Å². The van der Waals surface area contributed by atoms with Crippen LogP contribution < -0.4 is 5.73 Å². The van der Waals surface area contributed by atoms with Crippen molar-refractivity contribution in [3.63, 3.8) is 0 Å². The van der Waals surface area contributed by atoms with E-state index in [1.807, 2.05) is 0 Å². The lowest BCUT2D eigenvalue weighted by Gasteiger charge is -2.25. The molecule has 1 aliphatic heterocycles. The fourth-order valence-corrected chi connectivity index (χ4v) is 3.00. The van der Waals surface area contributed by atoms with Crippen molar-refractivity contribution >= 4 is 22.2 Å². The molecule has 0 aliphatic carbocycles. The van der Waals surface area contributed by atoms with Crippen LogP contribution in [0, 0.1) is 5.92 Å². The molecule has 1 aliphatic rings. The predicted octanol–water partition coefficient (Wildman–Crippen LogP) is 0.382. The van der Waals surface area contributed by atoms with Crippen molar-refractivity contribution in [3.8, 4) is 0 Å². The number of halogens is 1. The number of nitrogens with two attached hydrogens (primary N) is 1. The van der Waals surface area contributed by atoms with E-state index in [-0.39, 0.29) is 29.0 Å². The Bertz CT molecular complexity index is 457. The first-order chi connectivity index (χ1) is 7.62. The molecule has 2 heterocycles. The number of nitrogens with zero attached hydrogens (tertiary/aromatic N) is 1. The predicted molar refractivity (Wildman–Crippen MR) is 65.7 cm³/mol. The summed E-state index contributed by atoms with van der Waals surface area (Å²) in [6.45, 7) is 1.39. The van der Waals surface area contributed by atoms with Crippen molar-refractivity contribution in [2.45, 2.75) is 11.4 Å². The van der Waals surface area contributed by atoms with Gasteiger partial charge in [-0.05, 0) is 12.1 Å². The van der Waals surface area contributed by atoms with Gasteiger partial charge in [-0.3, -0.25) is 4.98 Å². The van der Waals surface area contributed by atoms with E-state index in [9.17, 15) is 8.42 Å². The molecule has 0 bridgehead atoms. The molecule has 0 radical (unpaired) electrons. The summed E-state index contributed by atoms with van der Waals surface area (Å²) in [6, 6.07) is 3.20. The maximum absolute atomic E-state index is 11.9. The van der Waals surface area contributed by atoms with Gasteiger partial charge >= 0.3 is 0 Å². The summed E-state index contributed by atoms with van der Waals surface area (Å²) >= 11 is 0. The first kappa shape index (κ1) is 14.4. The van der Waals surface area contributed by atoms with Gasteiger partial charge in [0.15, 0.2) is 9.84 Å². The maximum Gasteiger partial charge on any atom is 0.180 e. The normalized spacial score (nSPS) is 16.1. The minimum Gasteiger partial charge on any atom is -0.381 e. The van der Waals surface area contributed by atoms with Gasteiger partial charge in [0.25, 0.3) is 0 Å². The van der Waals surface area contributed by atoms with Gasteiger partial charge in [-0.2, -0.15) is 0 Å². The Kier molecular flexibility index (Phi) is 4.88. The molecule has 1 aromatic heterocycles. The molecule has 1 saturated heterocycles. The van der Waals surface area contributed by atoms with Crippen LogP contribution in [0.3, 0.4) is 0 Å². The number of hydrogen-bond donors (Lipinski definition) is 1. The molecule has 0 spiro atoms. The summed E-state index contributed by atoms with van der Waals surface area (Å²) in [5.41, 5.74) is 6.08. The Morgan fingerprint density at radius 3 is 2.53 bits per heavy atom. The number of pyridine rings is 1. The van der Waals surface area contributed by atoms with Crippen LogP contribution in [-0.4, -0.2) is 32.4 Å². The largest absolute Gasteiger partial charge is 0.381 e. The molecule has 1 fully saturated rings. The Balaban J connectivity index is 0.00000144. The van der Waals surface area contributed by atoms with Crippen LogP contribution in [0.1, 0.15) is 5.69 Å². The average molecular weight is 279 g/mol. The Labute approximate surface area is 107 Å². The molecule has 2 rings (SSSR count). The second kappa shape index (κ2) is 5.77. The highest BCUT2D eigenvalue weighted by molar-refractivity contribution is 7.91. The molecule has 0 atom stereocenters. The van der Waals surface area contributed by atoms with E-state index < -0.39 is 9.84 Å². The van der Waals surface area contributed by atoms with E-state index in [1.165, 1.54) is 6.20 Å². The first-order valence-electron chi connectivity index (χ1n) is 5.07. The van der Waals surface area contributed by atoms with Crippen LogP contribution in [0.2, 0.25) is 0 Å². The summed E-state index contributed by atoms with van der Waals surface area (Å²) in [6.07, 6.45) is 1.37. The summed E-state index contributed by atoms with van der Waals surface area (Å²) in [4.78, 5) is 4.24. The van der Waals surface area contributed by atoms with E-state index >= 15 is 0 Å². The SMILES string of the molecule is Cl.NCc1ccc(S(=O)(=O)CC2COC2)cn1. The van der Waals surface area contributed by atoms with Crippen LogP contribution in [0.15, 0.2) is 23.2 Å². The molecule has 96 valence electrons. The molecule has 5 nitrogen and oxygen atoms in total. The van der Waals surface area contributed by atoms with E-state index in [0.717, 1.165) is 0 Å². The standard InChI is InChI=1S/C10H14N2O3S.ClH/c11-3-9-1-2-10(4-12-9)16(13,14)7-8-5-15-6-8;/h1-2,4,8H,3,5-7,11H2;1H. The Morgan fingerprint density at radius 1 is 1.41 bits per heavy atom. The summed E-state index contributed by atoms with van der Waals surface area (Å²) in [7, 11) is -3.23. The van der Waals surface area contributed by atoms with E-state index in [1.54, 1.807) is 12.1 Å².